The van der Waals surface area contributed by atoms with E-state index in [4.69, 9.17) is 0 Å². The summed E-state index contributed by atoms with van der Waals surface area (Å²) in [5, 5.41) is 0. The number of hydrogen-bond donors (Lipinski definition) is 0. The molecule has 1 aliphatic carbocycles. The fourth-order valence-electron chi connectivity index (χ4n) is 0.938. The summed E-state index contributed by atoms with van der Waals surface area (Å²) in [6.45, 7) is 2.21. The third-order valence-electron chi connectivity index (χ3n) is 1.54. The van der Waals surface area contributed by atoms with E-state index in [1.54, 1.807) is 5.57 Å². The van der Waals surface area contributed by atoms with Gasteiger partial charge in [0.1, 0.15) is 0 Å². The summed E-state index contributed by atoms with van der Waals surface area (Å²) in [7, 11) is 0. The van der Waals surface area contributed by atoms with Crippen LogP contribution in [0, 0.1) is 0 Å². The van der Waals surface area contributed by atoms with Crippen LogP contribution in [0.15, 0.2) is 23.8 Å². The molecule has 0 N–H and O–H groups in total. The van der Waals surface area contributed by atoms with Gasteiger partial charge in [0.05, 0.1) is 0 Å². The third kappa shape index (κ3) is 2.96. The fourth-order valence-corrected chi connectivity index (χ4v) is 0.938. The first-order valence-electron chi connectivity index (χ1n) is 3.26. The van der Waals surface area contributed by atoms with Crippen LogP contribution in [0.3, 0.4) is 0 Å². The van der Waals surface area contributed by atoms with Crippen molar-refractivity contribution in [1.29, 1.82) is 0 Å². The molecule has 0 unspecified atom stereocenters. The van der Waals surface area contributed by atoms with Gasteiger partial charge in [-0.3, -0.25) is 0 Å². The second kappa shape index (κ2) is 4.93. The van der Waals surface area contributed by atoms with Crippen LogP contribution in [-0.2, 0) is 19.5 Å². The zero-order chi connectivity index (χ0) is 5.82. The molecule has 9 heavy (non-hydrogen) atoms. The van der Waals surface area contributed by atoms with E-state index in [2.05, 4.69) is 25.2 Å². The molecule has 0 nitrogen and oxygen atoms in total. The average molecular weight is 209 g/mol. The van der Waals surface area contributed by atoms with E-state index < -0.39 is 0 Å². The Morgan fingerprint density at radius 2 is 2.22 bits per heavy atom. The number of rotatable bonds is 1. The third-order valence-corrected chi connectivity index (χ3v) is 1.54. The first kappa shape index (κ1) is 9.10. The van der Waals surface area contributed by atoms with Crippen molar-refractivity contribution in [3.63, 3.8) is 0 Å². The van der Waals surface area contributed by atoms with Gasteiger partial charge in [0, 0.05) is 19.5 Å². The Labute approximate surface area is 69.8 Å². The van der Waals surface area contributed by atoms with Crippen LogP contribution in [0.4, 0.5) is 0 Å². The molecule has 0 spiro atoms. The van der Waals surface area contributed by atoms with E-state index in [1.165, 1.54) is 12.8 Å². The summed E-state index contributed by atoms with van der Waals surface area (Å²) in [5.74, 6) is 0. The minimum absolute atomic E-state index is 0. The standard InChI is InChI=1S/C8H12.Ru/c1-2-8-6-4-3-5-7-8;/h3-4,7H,2,5-6H2,1H3;. The maximum absolute atomic E-state index is 2.32. The predicted octanol–water partition coefficient (Wildman–Crippen LogP) is 2.67. The van der Waals surface area contributed by atoms with Gasteiger partial charge in [0.25, 0.3) is 0 Å². The van der Waals surface area contributed by atoms with E-state index in [0.717, 1.165) is 6.42 Å². The van der Waals surface area contributed by atoms with Crippen LogP contribution in [-0.4, -0.2) is 0 Å². The second-order valence-electron chi connectivity index (χ2n) is 2.13. The average Bonchev–Trinajstić information content (AvgIpc) is 1.90. The van der Waals surface area contributed by atoms with E-state index in [0.29, 0.717) is 0 Å². The largest absolute Gasteiger partial charge is 0.0844 e. The summed E-state index contributed by atoms with van der Waals surface area (Å²) >= 11 is 0. The molecule has 0 aromatic carbocycles. The Hall–Kier alpha value is 0.103. The quantitative estimate of drug-likeness (QED) is 0.460. The first-order valence-corrected chi connectivity index (χ1v) is 3.26. The molecule has 0 radical (unpaired) electrons. The van der Waals surface area contributed by atoms with Gasteiger partial charge in [-0.1, -0.05) is 30.7 Å². The van der Waals surface area contributed by atoms with Crippen LogP contribution < -0.4 is 0 Å². The van der Waals surface area contributed by atoms with Crippen LogP contribution in [0.5, 0.6) is 0 Å². The molecule has 1 aliphatic rings. The van der Waals surface area contributed by atoms with Crippen molar-refractivity contribution in [3.05, 3.63) is 23.8 Å². The molecule has 1 rings (SSSR count). The fraction of sp³-hybridized carbons (Fsp3) is 0.500. The topological polar surface area (TPSA) is 0 Å². The maximum atomic E-state index is 2.32. The molecule has 0 aromatic heterocycles. The van der Waals surface area contributed by atoms with Gasteiger partial charge in [-0.2, -0.15) is 0 Å². The van der Waals surface area contributed by atoms with Crippen molar-refractivity contribution in [2.75, 3.05) is 0 Å². The van der Waals surface area contributed by atoms with Crippen molar-refractivity contribution in [1.82, 2.24) is 0 Å². The zero-order valence-corrected chi connectivity index (χ0v) is 7.45. The molecule has 0 fully saturated rings. The van der Waals surface area contributed by atoms with Gasteiger partial charge in [-0.05, 0) is 19.3 Å². The molecular weight excluding hydrogens is 197 g/mol. The summed E-state index contributed by atoms with van der Waals surface area (Å²) in [6, 6.07) is 0. The van der Waals surface area contributed by atoms with E-state index in [9.17, 15) is 0 Å². The summed E-state index contributed by atoms with van der Waals surface area (Å²) in [6.07, 6.45) is 10.4. The predicted molar refractivity (Wildman–Crippen MR) is 36.7 cm³/mol. The second-order valence-corrected chi connectivity index (χ2v) is 2.13. The molecule has 0 aliphatic heterocycles. The van der Waals surface area contributed by atoms with Crippen LogP contribution >= 0.6 is 0 Å². The zero-order valence-electron chi connectivity index (χ0n) is 5.71. The smallest absolute Gasteiger partial charge is 0 e. The molecule has 1 heteroatoms. The first-order chi connectivity index (χ1) is 3.93. The van der Waals surface area contributed by atoms with Gasteiger partial charge >= 0.3 is 0 Å². The molecule has 0 saturated heterocycles. The Morgan fingerprint density at radius 1 is 1.44 bits per heavy atom. The van der Waals surface area contributed by atoms with Crippen molar-refractivity contribution in [2.24, 2.45) is 0 Å². The van der Waals surface area contributed by atoms with Crippen LogP contribution in [0.1, 0.15) is 26.2 Å². The number of allylic oxidation sites excluding steroid dienone is 4. The molecule has 0 amide bonds. The van der Waals surface area contributed by atoms with Crippen molar-refractivity contribution in [2.45, 2.75) is 26.2 Å². The van der Waals surface area contributed by atoms with E-state index in [-0.39, 0.29) is 19.5 Å². The Morgan fingerprint density at radius 3 is 2.56 bits per heavy atom. The molecule has 0 bridgehead atoms. The van der Waals surface area contributed by atoms with Crippen LogP contribution in [0.2, 0.25) is 0 Å². The van der Waals surface area contributed by atoms with Gasteiger partial charge in [-0.15, -0.1) is 0 Å². The molecule has 0 heterocycles. The minimum atomic E-state index is 0. The van der Waals surface area contributed by atoms with Crippen LogP contribution in [0.25, 0.3) is 0 Å². The number of hydrogen-bond acceptors (Lipinski definition) is 0. The van der Waals surface area contributed by atoms with Gasteiger partial charge in [0.2, 0.25) is 0 Å². The van der Waals surface area contributed by atoms with Gasteiger partial charge in [0.15, 0.2) is 0 Å². The summed E-state index contributed by atoms with van der Waals surface area (Å²) in [5.41, 5.74) is 1.59. The summed E-state index contributed by atoms with van der Waals surface area (Å²) in [4.78, 5) is 0. The molecule has 0 aromatic rings. The molecular formula is C8H12Ru. The Bertz CT molecular complexity index is 123. The minimum Gasteiger partial charge on any atom is -0.0844 e. The molecule has 0 saturated carbocycles. The summed E-state index contributed by atoms with van der Waals surface area (Å²) < 4.78 is 0. The van der Waals surface area contributed by atoms with Crippen molar-refractivity contribution >= 4 is 0 Å². The van der Waals surface area contributed by atoms with Crippen molar-refractivity contribution in [3.8, 4) is 0 Å². The molecule has 52 valence electrons. The Kier molecular flexibility index (Phi) is 4.99. The van der Waals surface area contributed by atoms with Gasteiger partial charge < -0.3 is 0 Å². The van der Waals surface area contributed by atoms with Gasteiger partial charge in [-0.25, -0.2) is 0 Å². The maximum Gasteiger partial charge on any atom is 0 e. The van der Waals surface area contributed by atoms with E-state index in [1.807, 2.05) is 0 Å². The monoisotopic (exact) mass is 210 g/mol. The van der Waals surface area contributed by atoms with Crippen molar-refractivity contribution < 1.29 is 19.5 Å². The Balaban J connectivity index is 0.000000640. The normalized spacial score (nSPS) is 16.3. The van der Waals surface area contributed by atoms with E-state index >= 15 is 0 Å². The SMILES string of the molecule is CCC1=CCC=CC1.[Ru]. The molecule has 0 atom stereocenters.